The summed E-state index contributed by atoms with van der Waals surface area (Å²) in [4.78, 5) is 4.38. The van der Waals surface area contributed by atoms with Crippen LogP contribution in [-0.4, -0.2) is 10.1 Å². The number of hydrogen-bond donors (Lipinski definition) is 1. The number of rotatable bonds is 3. The van der Waals surface area contributed by atoms with Gasteiger partial charge in [-0.25, -0.2) is 0 Å². The van der Waals surface area contributed by atoms with Crippen molar-refractivity contribution in [1.29, 1.82) is 0 Å². The molecule has 0 saturated heterocycles. The second-order valence-electron chi connectivity index (χ2n) is 4.56. The predicted molar refractivity (Wildman–Crippen MR) is 86.1 cm³/mol. The molecule has 0 radical (unpaired) electrons. The third kappa shape index (κ3) is 3.25. The molecule has 0 aliphatic carbocycles. The van der Waals surface area contributed by atoms with Crippen LogP contribution in [-0.2, 0) is 6.42 Å². The lowest BCUT2D eigenvalue weighted by atomic mass is 10.1. The average molecular weight is 365 g/mol. The number of nitrogen functional groups attached to an aromatic ring is 1. The Bertz CT molecular complexity index is 788. The van der Waals surface area contributed by atoms with E-state index in [0.29, 0.717) is 28.8 Å². The molecule has 21 heavy (non-hydrogen) atoms. The van der Waals surface area contributed by atoms with Gasteiger partial charge in [0.25, 0.3) is 5.89 Å². The van der Waals surface area contributed by atoms with Gasteiger partial charge in [0.2, 0.25) is 0 Å². The number of benzene rings is 2. The molecule has 0 unspecified atom stereocenters. The summed E-state index contributed by atoms with van der Waals surface area (Å²) < 4.78 is 6.12. The smallest absolute Gasteiger partial charge is 0.258 e. The van der Waals surface area contributed by atoms with Gasteiger partial charge in [-0.3, -0.25) is 0 Å². The molecular weight excluding hydrogens is 354 g/mol. The second-order valence-corrected chi connectivity index (χ2v) is 5.85. The standard InChI is InChI=1S/C15H11BrClN3O/c16-12-5-4-10(8-13(12)18)15-19-14(20-21-15)7-9-2-1-3-11(17)6-9/h1-6,8H,7,18H2. The van der Waals surface area contributed by atoms with Gasteiger partial charge in [-0.15, -0.1) is 0 Å². The topological polar surface area (TPSA) is 64.9 Å². The quantitative estimate of drug-likeness (QED) is 0.703. The van der Waals surface area contributed by atoms with E-state index >= 15 is 0 Å². The first-order valence-corrected chi connectivity index (χ1v) is 7.41. The summed E-state index contributed by atoms with van der Waals surface area (Å²) in [7, 11) is 0. The highest BCUT2D eigenvalue weighted by Crippen LogP contribution is 2.26. The first-order chi connectivity index (χ1) is 10.1. The fraction of sp³-hybridized carbons (Fsp3) is 0.0667. The summed E-state index contributed by atoms with van der Waals surface area (Å²) >= 11 is 9.32. The van der Waals surface area contributed by atoms with E-state index in [9.17, 15) is 0 Å². The van der Waals surface area contributed by atoms with Crippen molar-refractivity contribution >= 4 is 33.2 Å². The van der Waals surface area contributed by atoms with E-state index in [0.717, 1.165) is 15.6 Å². The molecule has 0 spiro atoms. The summed E-state index contributed by atoms with van der Waals surface area (Å²) in [5.41, 5.74) is 8.31. The first-order valence-electron chi connectivity index (χ1n) is 6.24. The molecule has 0 saturated carbocycles. The molecule has 4 nitrogen and oxygen atoms in total. The maximum absolute atomic E-state index is 5.96. The number of nitrogens with two attached hydrogens (primary N) is 1. The molecule has 0 aliphatic rings. The zero-order valence-electron chi connectivity index (χ0n) is 10.9. The Morgan fingerprint density at radius 1 is 1.19 bits per heavy atom. The van der Waals surface area contributed by atoms with Crippen molar-refractivity contribution in [3.8, 4) is 11.5 Å². The second kappa shape index (κ2) is 5.87. The average Bonchev–Trinajstić information content (AvgIpc) is 2.90. The fourth-order valence-electron chi connectivity index (χ4n) is 1.95. The summed E-state index contributed by atoms with van der Waals surface area (Å²) in [6.07, 6.45) is 0.566. The normalized spacial score (nSPS) is 10.8. The van der Waals surface area contributed by atoms with Crippen LogP contribution in [0, 0.1) is 0 Å². The van der Waals surface area contributed by atoms with Crippen LogP contribution in [0.1, 0.15) is 11.4 Å². The minimum atomic E-state index is 0.450. The van der Waals surface area contributed by atoms with Gasteiger partial charge >= 0.3 is 0 Å². The van der Waals surface area contributed by atoms with Crippen molar-refractivity contribution in [3.63, 3.8) is 0 Å². The van der Waals surface area contributed by atoms with Crippen LogP contribution < -0.4 is 5.73 Å². The van der Waals surface area contributed by atoms with Gasteiger partial charge in [0, 0.05) is 27.2 Å². The minimum Gasteiger partial charge on any atom is -0.398 e. The minimum absolute atomic E-state index is 0.450. The Labute approximate surface area is 135 Å². The van der Waals surface area contributed by atoms with Crippen LogP contribution in [0.15, 0.2) is 51.5 Å². The van der Waals surface area contributed by atoms with Gasteiger partial charge in [0.15, 0.2) is 5.82 Å². The van der Waals surface area contributed by atoms with E-state index in [1.54, 1.807) is 6.07 Å². The maximum atomic E-state index is 5.96. The Kier molecular flexibility index (Phi) is 3.94. The predicted octanol–water partition coefficient (Wildman–Crippen LogP) is 4.33. The Hall–Kier alpha value is -1.85. The van der Waals surface area contributed by atoms with E-state index in [-0.39, 0.29) is 0 Å². The zero-order valence-corrected chi connectivity index (χ0v) is 13.2. The highest BCUT2D eigenvalue weighted by atomic mass is 79.9. The summed E-state index contributed by atoms with van der Waals surface area (Å²) in [5, 5.41) is 4.68. The van der Waals surface area contributed by atoms with Crippen LogP contribution in [0.3, 0.4) is 0 Å². The molecule has 6 heteroatoms. The molecule has 0 atom stereocenters. The molecule has 1 heterocycles. The van der Waals surface area contributed by atoms with Crippen LogP contribution >= 0.6 is 27.5 Å². The van der Waals surface area contributed by atoms with Gasteiger partial charge in [0.05, 0.1) is 0 Å². The highest BCUT2D eigenvalue weighted by Gasteiger charge is 2.10. The molecular formula is C15H11BrClN3O. The number of anilines is 1. The lowest BCUT2D eigenvalue weighted by molar-refractivity contribution is 0.424. The lowest BCUT2D eigenvalue weighted by Crippen LogP contribution is -1.91. The Balaban J connectivity index is 1.84. The van der Waals surface area contributed by atoms with Gasteiger partial charge in [0.1, 0.15) is 0 Å². The maximum Gasteiger partial charge on any atom is 0.258 e. The summed E-state index contributed by atoms with van der Waals surface area (Å²) in [6.45, 7) is 0. The third-order valence-corrected chi connectivity index (χ3v) is 3.92. The number of halogens is 2. The third-order valence-electron chi connectivity index (χ3n) is 2.96. The van der Waals surface area contributed by atoms with Crippen molar-refractivity contribution in [2.24, 2.45) is 0 Å². The fourth-order valence-corrected chi connectivity index (χ4v) is 2.41. The van der Waals surface area contributed by atoms with Gasteiger partial charge < -0.3 is 10.3 Å². The highest BCUT2D eigenvalue weighted by molar-refractivity contribution is 9.10. The van der Waals surface area contributed by atoms with Crippen LogP contribution in [0.4, 0.5) is 5.69 Å². The van der Waals surface area contributed by atoms with Gasteiger partial charge in [-0.1, -0.05) is 28.9 Å². The van der Waals surface area contributed by atoms with Crippen LogP contribution in [0.2, 0.25) is 5.02 Å². The van der Waals surface area contributed by atoms with E-state index in [2.05, 4.69) is 26.1 Å². The summed E-state index contributed by atoms with van der Waals surface area (Å²) in [6, 6.07) is 13.1. The zero-order chi connectivity index (χ0) is 14.8. The molecule has 0 amide bonds. The number of nitrogens with zero attached hydrogens (tertiary/aromatic N) is 2. The largest absolute Gasteiger partial charge is 0.398 e. The molecule has 0 bridgehead atoms. The van der Waals surface area contributed by atoms with Crippen molar-refractivity contribution < 1.29 is 4.52 Å². The van der Waals surface area contributed by atoms with Crippen molar-refractivity contribution in [2.45, 2.75) is 6.42 Å². The van der Waals surface area contributed by atoms with Crippen molar-refractivity contribution in [1.82, 2.24) is 10.1 Å². The molecule has 0 aliphatic heterocycles. The molecule has 3 aromatic rings. The molecule has 0 fully saturated rings. The Morgan fingerprint density at radius 3 is 2.81 bits per heavy atom. The molecule has 2 N–H and O–H groups in total. The monoisotopic (exact) mass is 363 g/mol. The molecule has 2 aromatic carbocycles. The van der Waals surface area contributed by atoms with Gasteiger partial charge in [-0.2, -0.15) is 4.98 Å². The van der Waals surface area contributed by atoms with Crippen molar-refractivity contribution in [3.05, 3.63) is 63.3 Å². The molecule has 106 valence electrons. The van der Waals surface area contributed by atoms with Crippen LogP contribution in [0.5, 0.6) is 0 Å². The van der Waals surface area contributed by atoms with E-state index in [4.69, 9.17) is 21.9 Å². The SMILES string of the molecule is Nc1cc(-c2nc(Cc3cccc(Cl)c3)no2)ccc1Br. The molecule has 3 rings (SSSR count). The summed E-state index contributed by atoms with van der Waals surface area (Å²) in [5.74, 6) is 1.06. The number of aromatic nitrogens is 2. The Morgan fingerprint density at radius 2 is 2.05 bits per heavy atom. The van der Waals surface area contributed by atoms with Gasteiger partial charge in [-0.05, 0) is 51.8 Å². The van der Waals surface area contributed by atoms with Crippen molar-refractivity contribution in [2.75, 3.05) is 5.73 Å². The number of hydrogen-bond acceptors (Lipinski definition) is 4. The lowest BCUT2D eigenvalue weighted by Gasteiger charge is -1.99. The van der Waals surface area contributed by atoms with Crippen LogP contribution in [0.25, 0.3) is 11.5 Å². The van der Waals surface area contributed by atoms with E-state index < -0.39 is 0 Å². The first kappa shape index (κ1) is 14.1. The molecule has 1 aromatic heterocycles. The van der Waals surface area contributed by atoms with E-state index in [1.807, 2.05) is 36.4 Å². The van der Waals surface area contributed by atoms with E-state index in [1.165, 1.54) is 0 Å².